The summed E-state index contributed by atoms with van der Waals surface area (Å²) in [5.41, 5.74) is 0.723. The number of hydrogen-bond acceptors (Lipinski definition) is 4. The molecular formula is C18H24BN3O3. The van der Waals surface area contributed by atoms with Crippen LogP contribution in [-0.4, -0.2) is 41.1 Å². The summed E-state index contributed by atoms with van der Waals surface area (Å²) in [5, 5.41) is 4.25. The normalized spacial score (nSPS) is 18.4. The van der Waals surface area contributed by atoms with E-state index in [2.05, 4.69) is 5.10 Å². The number of rotatable bonds is 3. The Morgan fingerprint density at radius 1 is 1.08 bits per heavy atom. The van der Waals surface area contributed by atoms with E-state index in [9.17, 15) is 4.79 Å². The van der Waals surface area contributed by atoms with Crippen molar-refractivity contribution in [1.29, 1.82) is 0 Å². The number of aromatic nitrogens is 2. The Morgan fingerprint density at radius 3 is 2.12 bits per heavy atom. The van der Waals surface area contributed by atoms with Crippen LogP contribution in [0.5, 0.6) is 0 Å². The molecular weight excluding hydrogens is 317 g/mol. The lowest BCUT2D eigenvalue weighted by molar-refractivity contribution is 0.00578. The predicted octanol–water partition coefficient (Wildman–Crippen LogP) is 2.00. The summed E-state index contributed by atoms with van der Waals surface area (Å²) in [6.45, 7) is 8.08. The molecule has 0 atom stereocenters. The number of nitrogens with zero attached hydrogens (tertiary/aromatic N) is 3. The van der Waals surface area contributed by atoms with Gasteiger partial charge < -0.3 is 9.31 Å². The third-order valence-corrected chi connectivity index (χ3v) is 5.03. The molecule has 1 aliphatic heterocycles. The summed E-state index contributed by atoms with van der Waals surface area (Å²) >= 11 is 0. The number of carbonyl (C=O) groups excluding carboxylic acids is 1. The molecule has 0 spiro atoms. The number of hydrogen-bond donors (Lipinski definition) is 0. The molecule has 2 heterocycles. The monoisotopic (exact) mass is 341 g/mol. The van der Waals surface area contributed by atoms with Crippen LogP contribution in [0.4, 0.5) is 5.82 Å². The van der Waals surface area contributed by atoms with E-state index in [4.69, 9.17) is 9.31 Å². The summed E-state index contributed by atoms with van der Waals surface area (Å²) in [6, 6.07) is 9.14. The third-order valence-electron chi connectivity index (χ3n) is 5.03. The molecule has 6 nitrogen and oxygen atoms in total. The molecule has 0 aliphatic carbocycles. The molecule has 7 heteroatoms. The van der Waals surface area contributed by atoms with E-state index in [0.29, 0.717) is 11.4 Å². The standard InChI is InChI=1S/C18H24BN3O3/c1-17(2)18(3,4)25-19(24-17)14-9-7-13(8-10-14)16(23)22(6)15-11-12-21(5)20-15/h7-12H,1-6H3. The van der Waals surface area contributed by atoms with Crippen LogP contribution >= 0.6 is 0 Å². The Bertz CT molecular complexity index is 767. The lowest BCUT2D eigenvalue weighted by atomic mass is 9.79. The van der Waals surface area contributed by atoms with Crippen LogP contribution in [0.3, 0.4) is 0 Å². The van der Waals surface area contributed by atoms with Gasteiger partial charge in [-0.2, -0.15) is 5.10 Å². The summed E-state index contributed by atoms with van der Waals surface area (Å²) < 4.78 is 13.7. The van der Waals surface area contributed by atoms with Gasteiger partial charge in [0.1, 0.15) is 0 Å². The van der Waals surface area contributed by atoms with Crippen molar-refractivity contribution in [2.45, 2.75) is 38.9 Å². The molecule has 25 heavy (non-hydrogen) atoms. The van der Waals surface area contributed by atoms with Crippen molar-refractivity contribution >= 4 is 24.3 Å². The van der Waals surface area contributed by atoms with Crippen molar-refractivity contribution < 1.29 is 14.1 Å². The highest BCUT2D eigenvalue weighted by Crippen LogP contribution is 2.36. The molecule has 3 rings (SSSR count). The highest BCUT2D eigenvalue weighted by atomic mass is 16.7. The van der Waals surface area contributed by atoms with Crippen LogP contribution in [0, 0.1) is 0 Å². The molecule has 0 saturated carbocycles. The minimum atomic E-state index is -0.428. The number of benzene rings is 1. The minimum Gasteiger partial charge on any atom is -0.399 e. The van der Waals surface area contributed by atoms with Gasteiger partial charge in [0.2, 0.25) is 0 Å². The van der Waals surface area contributed by atoms with Crippen LogP contribution in [0.25, 0.3) is 0 Å². The average molecular weight is 341 g/mol. The zero-order valence-electron chi connectivity index (χ0n) is 15.6. The van der Waals surface area contributed by atoms with Crippen molar-refractivity contribution in [2.24, 2.45) is 7.05 Å². The Balaban J connectivity index is 1.76. The van der Waals surface area contributed by atoms with Crippen molar-refractivity contribution in [2.75, 3.05) is 11.9 Å². The van der Waals surface area contributed by atoms with E-state index in [1.54, 1.807) is 36.1 Å². The van der Waals surface area contributed by atoms with E-state index in [0.717, 1.165) is 5.46 Å². The highest BCUT2D eigenvalue weighted by molar-refractivity contribution is 6.62. The van der Waals surface area contributed by atoms with Gasteiger partial charge in [-0.05, 0) is 45.3 Å². The van der Waals surface area contributed by atoms with E-state index >= 15 is 0 Å². The fourth-order valence-electron chi connectivity index (χ4n) is 2.64. The molecule has 0 unspecified atom stereocenters. The molecule has 1 amide bonds. The summed E-state index contributed by atoms with van der Waals surface area (Å²) in [7, 11) is 3.11. The van der Waals surface area contributed by atoms with Crippen LogP contribution in [0.15, 0.2) is 36.5 Å². The molecule has 132 valence electrons. The predicted molar refractivity (Wildman–Crippen MR) is 98.1 cm³/mol. The Hall–Kier alpha value is -2.12. The first kappa shape index (κ1) is 17.7. The van der Waals surface area contributed by atoms with Crippen molar-refractivity contribution in [3.05, 3.63) is 42.1 Å². The van der Waals surface area contributed by atoms with Crippen LogP contribution in [0.1, 0.15) is 38.1 Å². The molecule has 1 aromatic carbocycles. The number of anilines is 1. The molecule has 1 fully saturated rings. The van der Waals surface area contributed by atoms with Gasteiger partial charge in [-0.15, -0.1) is 0 Å². The molecule has 2 aromatic rings. The van der Waals surface area contributed by atoms with Crippen molar-refractivity contribution in [1.82, 2.24) is 9.78 Å². The van der Waals surface area contributed by atoms with Gasteiger partial charge in [0.15, 0.2) is 5.82 Å². The first-order valence-corrected chi connectivity index (χ1v) is 8.34. The Morgan fingerprint density at radius 2 is 1.64 bits per heavy atom. The third kappa shape index (κ3) is 3.21. The second-order valence-electron chi connectivity index (χ2n) is 7.42. The second kappa shape index (κ2) is 6.00. The van der Waals surface area contributed by atoms with Crippen LogP contribution in [-0.2, 0) is 16.4 Å². The van der Waals surface area contributed by atoms with Gasteiger partial charge in [-0.25, -0.2) is 0 Å². The second-order valence-corrected chi connectivity index (χ2v) is 7.42. The SMILES string of the molecule is CN(C(=O)c1ccc(B2OC(C)(C)C(C)(C)O2)cc1)c1ccn(C)n1. The van der Waals surface area contributed by atoms with Gasteiger partial charge in [-0.1, -0.05) is 12.1 Å². The highest BCUT2D eigenvalue weighted by Gasteiger charge is 2.51. The molecule has 0 N–H and O–H groups in total. The Kier molecular flexibility index (Phi) is 4.25. The maximum absolute atomic E-state index is 12.6. The molecule has 0 bridgehead atoms. The number of aryl methyl sites for hydroxylation is 1. The average Bonchev–Trinajstić information content (AvgIpc) is 3.07. The van der Waals surface area contributed by atoms with E-state index in [1.165, 1.54) is 4.90 Å². The van der Waals surface area contributed by atoms with Gasteiger partial charge in [0.25, 0.3) is 5.91 Å². The smallest absolute Gasteiger partial charge is 0.399 e. The van der Waals surface area contributed by atoms with E-state index < -0.39 is 7.12 Å². The maximum atomic E-state index is 12.6. The van der Waals surface area contributed by atoms with Crippen molar-refractivity contribution in [3.63, 3.8) is 0 Å². The van der Waals surface area contributed by atoms with Gasteiger partial charge in [-0.3, -0.25) is 14.4 Å². The Labute approximate surface area is 148 Å². The van der Waals surface area contributed by atoms with Gasteiger partial charge >= 0.3 is 7.12 Å². The lowest BCUT2D eigenvalue weighted by Crippen LogP contribution is -2.41. The minimum absolute atomic E-state index is 0.112. The topological polar surface area (TPSA) is 56.6 Å². The zero-order valence-corrected chi connectivity index (χ0v) is 15.6. The van der Waals surface area contributed by atoms with Crippen molar-refractivity contribution in [3.8, 4) is 0 Å². The van der Waals surface area contributed by atoms with Gasteiger partial charge in [0, 0.05) is 31.9 Å². The number of carbonyl (C=O) groups is 1. The largest absolute Gasteiger partial charge is 0.494 e. The molecule has 0 radical (unpaired) electrons. The fourth-order valence-corrected chi connectivity index (χ4v) is 2.64. The van der Waals surface area contributed by atoms with Crippen LogP contribution < -0.4 is 10.4 Å². The summed E-state index contributed by atoms with van der Waals surface area (Å²) in [4.78, 5) is 14.1. The van der Waals surface area contributed by atoms with E-state index in [-0.39, 0.29) is 17.1 Å². The summed E-state index contributed by atoms with van der Waals surface area (Å²) in [6.07, 6.45) is 1.81. The zero-order chi connectivity index (χ0) is 18.4. The molecule has 1 aromatic heterocycles. The van der Waals surface area contributed by atoms with Gasteiger partial charge in [0.05, 0.1) is 11.2 Å². The summed E-state index contributed by atoms with van der Waals surface area (Å²) in [5.74, 6) is 0.502. The van der Waals surface area contributed by atoms with Crippen LogP contribution in [0.2, 0.25) is 0 Å². The maximum Gasteiger partial charge on any atom is 0.494 e. The first-order chi connectivity index (χ1) is 11.6. The molecule has 1 saturated heterocycles. The quantitative estimate of drug-likeness (QED) is 0.802. The lowest BCUT2D eigenvalue weighted by Gasteiger charge is -2.32. The number of amides is 1. The fraction of sp³-hybridized carbons (Fsp3) is 0.444. The van der Waals surface area contributed by atoms with E-state index in [1.807, 2.05) is 46.9 Å². The molecule has 1 aliphatic rings. The first-order valence-electron chi connectivity index (χ1n) is 8.34.